The van der Waals surface area contributed by atoms with Gasteiger partial charge in [-0.3, -0.25) is 10.2 Å². The Morgan fingerprint density at radius 1 is 1.03 bits per heavy atom. The SMILES string of the molecule is COc1cc(/C=C2\C(=N)N3OC(C)=CC3=NC2=O)cc(OC)c1OCCOc1ccccc1C. The van der Waals surface area contributed by atoms with E-state index in [1.807, 2.05) is 31.2 Å². The summed E-state index contributed by atoms with van der Waals surface area (Å²) in [6, 6.07) is 11.1. The summed E-state index contributed by atoms with van der Waals surface area (Å²) in [6.07, 6.45) is 3.14. The van der Waals surface area contributed by atoms with Gasteiger partial charge in [0.25, 0.3) is 5.91 Å². The maximum Gasteiger partial charge on any atom is 0.282 e. The average molecular weight is 463 g/mol. The first-order chi connectivity index (χ1) is 16.4. The molecular weight excluding hydrogens is 438 g/mol. The number of aliphatic imine (C=N–C) groups is 1. The van der Waals surface area contributed by atoms with Crippen LogP contribution in [0, 0.1) is 12.3 Å². The van der Waals surface area contributed by atoms with E-state index in [1.54, 1.807) is 25.1 Å². The second kappa shape index (κ2) is 9.70. The summed E-state index contributed by atoms with van der Waals surface area (Å²) in [5.41, 5.74) is 1.70. The highest BCUT2D eigenvalue weighted by atomic mass is 16.7. The van der Waals surface area contributed by atoms with Crippen molar-refractivity contribution in [1.82, 2.24) is 5.06 Å². The van der Waals surface area contributed by atoms with Gasteiger partial charge >= 0.3 is 0 Å². The highest BCUT2D eigenvalue weighted by Crippen LogP contribution is 2.39. The molecule has 0 spiro atoms. The van der Waals surface area contributed by atoms with Crippen LogP contribution in [0.15, 0.2) is 58.8 Å². The standard InChI is InChI=1S/C25H25N3O6/c1-15-7-5-6-8-19(15)32-9-10-33-23-20(30-3)13-17(14-21(23)31-4)12-18-24(26)28-22(27-25(18)29)11-16(2)34-28/h5-8,11-14,26H,9-10H2,1-4H3/b18-12+,26-24?. The van der Waals surface area contributed by atoms with Gasteiger partial charge in [0.1, 0.15) is 24.7 Å². The molecule has 2 aromatic carbocycles. The van der Waals surface area contributed by atoms with Gasteiger partial charge in [-0.25, -0.2) is 0 Å². The molecule has 0 atom stereocenters. The van der Waals surface area contributed by atoms with E-state index >= 15 is 0 Å². The molecule has 2 aromatic rings. The molecule has 9 nitrogen and oxygen atoms in total. The largest absolute Gasteiger partial charge is 0.493 e. The highest BCUT2D eigenvalue weighted by Gasteiger charge is 2.34. The topological polar surface area (TPSA) is 103 Å². The van der Waals surface area contributed by atoms with E-state index in [1.165, 1.54) is 25.4 Å². The van der Waals surface area contributed by atoms with E-state index in [4.69, 9.17) is 29.2 Å². The zero-order valence-corrected chi connectivity index (χ0v) is 19.4. The lowest BCUT2D eigenvalue weighted by molar-refractivity contribution is -0.114. The molecule has 1 N–H and O–H groups in total. The number of para-hydroxylation sites is 1. The monoisotopic (exact) mass is 463 g/mol. The molecule has 9 heteroatoms. The Bertz CT molecular complexity index is 1210. The molecule has 4 rings (SSSR count). The molecular formula is C25H25N3O6. The molecule has 1 amide bonds. The minimum absolute atomic E-state index is 0.0799. The summed E-state index contributed by atoms with van der Waals surface area (Å²) in [5.74, 6) is 2.24. The zero-order valence-electron chi connectivity index (χ0n) is 19.4. The van der Waals surface area contributed by atoms with E-state index in [2.05, 4.69) is 4.99 Å². The van der Waals surface area contributed by atoms with Gasteiger partial charge in [0.15, 0.2) is 23.2 Å². The number of carbonyl (C=O) groups excluding carboxylic acids is 1. The van der Waals surface area contributed by atoms with Crippen LogP contribution in [0.3, 0.4) is 0 Å². The molecule has 0 aliphatic carbocycles. The highest BCUT2D eigenvalue weighted by molar-refractivity contribution is 6.32. The molecule has 2 aliphatic rings. The molecule has 34 heavy (non-hydrogen) atoms. The zero-order chi connectivity index (χ0) is 24.2. The maximum atomic E-state index is 12.5. The predicted octanol–water partition coefficient (Wildman–Crippen LogP) is 3.92. The summed E-state index contributed by atoms with van der Waals surface area (Å²) in [6.45, 7) is 4.30. The number of carbonyl (C=O) groups is 1. The number of nitrogens with one attached hydrogen (secondary N) is 1. The third-order valence-electron chi connectivity index (χ3n) is 5.16. The van der Waals surface area contributed by atoms with Gasteiger partial charge in [-0.2, -0.15) is 4.99 Å². The number of nitrogens with zero attached hydrogens (tertiary/aromatic N) is 2. The number of hydrogen-bond donors (Lipinski definition) is 1. The van der Waals surface area contributed by atoms with Crippen LogP contribution in [0.2, 0.25) is 0 Å². The van der Waals surface area contributed by atoms with E-state index in [0.717, 1.165) is 11.3 Å². The van der Waals surface area contributed by atoms with Gasteiger partial charge in [-0.15, -0.1) is 5.06 Å². The van der Waals surface area contributed by atoms with Gasteiger partial charge in [-0.1, -0.05) is 18.2 Å². The maximum absolute atomic E-state index is 12.5. The summed E-state index contributed by atoms with van der Waals surface area (Å²) in [7, 11) is 3.03. The van der Waals surface area contributed by atoms with Crippen molar-refractivity contribution in [2.75, 3.05) is 27.4 Å². The van der Waals surface area contributed by atoms with Gasteiger partial charge in [0, 0.05) is 6.08 Å². The first-order valence-corrected chi connectivity index (χ1v) is 10.6. The van der Waals surface area contributed by atoms with Crippen LogP contribution >= 0.6 is 0 Å². The van der Waals surface area contributed by atoms with Gasteiger partial charge in [0.2, 0.25) is 5.75 Å². The smallest absolute Gasteiger partial charge is 0.282 e. The van der Waals surface area contributed by atoms with E-state index in [-0.39, 0.29) is 23.9 Å². The van der Waals surface area contributed by atoms with Crippen LogP contribution < -0.4 is 18.9 Å². The Morgan fingerprint density at radius 2 is 1.71 bits per heavy atom. The number of ether oxygens (including phenoxy) is 4. The van der Waals surface area contributed by atoms with Crippen molar-refractivity contribution in [2.24, 2.45) is 4.99 Å². The van der Waals surface area contributed by atoms with E-state index in [0.29, 0.717) is 35.2 Å². The minimum Gasteiger partial charge on any atom is -0.493 e. The molecule has 2 aliphatic heterocycles. The van der Waals surface area contributed by atoms with Crippen LogP contribution in [-0.2, 0) is 9.63 Å². The van der Waals surface area contributed by atoms with E-state index in [9.17, 15) is 4.79 Å². The summed E-state index contributed by atoms with van der Waals surface area (Å²) in [4.78, 5) is 22.0. The Kier molecular flexibility index (Phi) is 6.53. The van der Waals surface area contributed by atoms with Crippen molar-refractivity contribution in [2.45, 2.75) is 13.8 Å². The molecule has 0 bridgehead atoms. The number of hydrogen-bond acceptors (Lipinski definition) is 7. The minimum atomic E-state index is -0.530. The molecule has 0 unspecified atom stereocenters. The Morgan fingerprint density at radius 3 is 2.38 bits per heavy atom. The lowest BCUT2D eigenvalue weighted by Crippen LogP contribution is -2.38. The van der Waals surface area contributed by atoms with Crippen molar-refractivity contribution in [3.8, 4) is 23.0 Å². The molecule has 0 fully saturated rings. The van der Waals surface area contributed by atoms with Crippen LogP contribution in [0.1, 0.15) is 18.1 Å². The van der Waals surface area contributed by atoms with Crippen molar-refractivity contribution >= 4 is 23.7 Å². The fraction of sp³-hybridized carbons (Fsp3) is 0.240. The third kappa shape index (κ3) is 4.59. The number of hydroxylamine groups is 2. The number of rotatable bonds is 8. The molecule has 0 saturated heterocycles. The van der Waals surface area contributed by atoms with Crippen molar-refractivity contribution in [1.29, 1.82) is 5.41 Å². The first-order valence-electron chi connectivity index (χ1n) is 10.6. The van der Waals surface area contributed by atoms with E-state index < -0.39 is 5.91 Å². The lowest BCUT2D eigenvalue weighted by atomic mass is 10.1. The fourth-order valence-corrected chi connectivity index (χ4v) is 3.51. The Hall–Kier alpha value is -4.27. The molecule has 0 aromatic heterocycles. The first kappa shape index (κ1) is 22.9. The third-order valence-corrected chi connectivity index (χ3v) is 5.16. The average Bonchev–Trinajstić information content (AvgIpc) is 3.20. The second-order valence-electron chi connectivity index (χ2n) is 7.54. The summed E-state index contributed by atoms with van der Waals surface area (Å²) < 4.78 is 22.7. The van der Waals surface area contributed by atoms with Crippen LogP contribution in [0.5, 0.6) is 23.0 Å². The molecule has 0 radical (unpaired) electrons. The fourth-order valence-electron chi connectivity index (χ4n) is 3.51. The Balaban J connectivity index is 1.53. The van der Waals surface area contributed by atoms with Crippen LogP contribution in [-0.4, -0.2) is 50.1 Å². The number of amides is 1. The van der Waals surface area contributed by atoms with Crippen molar-refractivity contribution in [3.05, 3.63) is 64.9 Å². The quantitative estimate of drug-likeness (QED) is 0.468. The van der Waals surface area contributed by atoms with Gasteiger partial charge in [-0.05, 0) is 49.2 Å². The number of allylic oxidation sites excluding steroid dienone is 1. The number of benzene rings is 2. The number of methoxy groups -OCH3 is 2. The van der Waals surface area contributed by atoms with Crippen molar-refractivity contribution in [3.63, 3.8) is 0 Å². The molecule has 176 valence electrons. The van der Waals surface area contributed by atoms with Crippen LogP contribution in [0.4, 0.5) is 0 Å². The second-order valence-corrected chi connectivity index (χ2v) is 7.54. The molecule has 0 saturated carbocycles. The van der Waals surface area contributed by atoms with Gasteiger partial charge in [0.05, 0.1) is 19.8 Å². The number of aryl methyl sites for hydroxylation is 1. The number of fused-ring (bicyclic) bond motifs is 1. The Labute approximate surface area is 197 Å². The predicted molar refractivity (Wildman–Crippen MR) is 127 cm³/mol. The summed E-state index contributed by atoms with van der Waals surface area (Å²) >= 11 is 0. The number of amidine groups is 2. The van der Waals surface area contributed by atoms with Crippen LogP contribution in [0.25, 0.3) is 6.08 Å². The normalized spacial score (nSPS) is 16.0. The summed E-state index contributed by atoms with van der Waals surface area (Å²) in [5, 5.41) is 9.59. The van der Waals surface area contributed by atoms with Gasteiger partial charge < -0.3 is 23.8 Å². The molecule has 2 heterocycles. The lowest BCUT2D eigenvalue weighted by Gasteiger charge is -2.23. The van der Waals surface area contributed by atoms with Crippen molar-refractivity contribution < 1.29 is 28.6 Å².